The molecule has 0 saturated carbocycles. The van der Waals surface area contributed by atoms with Crippen LogP contribution in [0.2, 0.25) is 5.15 Å². The van der Waals surface area contributed by atoms with E-state index < -0.39 is 11.8 Å². The van der Waals surface area contributed by atoms with Crippen molar-refractivity contribution in [2.75, 3.05) is 37.7 Å². The van der Waals surface area contributed by atoms with E-state index >= 15 is 0 Å². The second-order valence-electron chi connectivity index (χ2n) is 12.5. The van der Waals surface area contributed by atoms with Crippen molar-refractivity contribution < 1.29 is 18.7 Å². The van der Waals surface area contributed by atoms with Gasteiger partial charge in [-0.05, 0) is 53.0 Å². The third-order valence-electron chi connectivity index (χ3n) is 8.69. The number of fused-ring (bicyclic) bond motifs is 6. The van der Waals surface area contributed by atoms with E-state index in [4.69, 9.17) is 31.0 Å². The molecule has 4 aliphatic rings. The molecule has 4 atom stereocenters. The van der Waals surface area contributed by atoms with Crippen molar-refractivity contribution in [3.63, 3.8) is 0 Å². The molecule has 4 fully saturated rings. The molecule has 7 rings (SSSR count). The lowest BCUT2D eigenvalue weighted by molar-refractivity contribution is 0.0122. The van der Waals surface area contributed by atoms with Crippen LogP contribution in [0.15, 0.2) is 6.20 Å². The van der Waals surface area contributed by atoms with Gasteiger partial charge in [0, 0.05) is 31.4 Å². The number of rotatable bonds is 4. The fourth-order valence-corrected chi connectivity index (χ4v) is 8.34. The van der Waals surface area contributed by atoms with Crippen molar-refractivity contribution >= 4 is 55.2 Å². The van der Waals surface area contributed by atoms with Gasteiger partial charge in [-0.25, -0.2) is 9.18 Å². The maximum atomic E-state index is 14.4. The first-order valence-corrected chi connectivity index (χ1v) is 15.2. The Morgan fingerprint density at radius 2 is 2.00 bits per heavy atom. The van der Waals surface area contributed by atoms with Gasteiger partial charge >= 0.3 is 12.1 Å². The van der Waals surface area contributed by atoms with Crippen LogP contribution in [0.25, 0.3) is 20.3 Å². The molecule has 0 aliphatic carbocycles. The molecule has 4 aliphatic heterocycles. The summed E-state index contributed by atoms with van der Waals surface area (Å²) in [5, 5.41) is 10.2. The summed E-state index contributed by atoms with van der Waals surface area (Å²) in [7, 11) is 0. The van der Waals surface area contributed by atoms with Gasteiger partial charge in [0.1, 0.15) is 29.0 Å². The highest BCUT2D eigenvalue weighted by Crippen LogP contribution is 2.44. The topological polar surface area (TPSA) is 96.8 Å². The molecule has 0 N–H and O–H groups in total. The Kier molecular flexibility index (Phi) is 6.25. The summed E-state index contributed by atoms with van der Waals surface area (Å²) < 4.78 is 27.2. The van der Waals surface area contributed by atoms with Crippen LogP contribution in [0.5, 0.6) is 6.01 Å². The van der Waals surface area contributed by atoms with E-state index in [0.717, 1.165) is 58.3 Å². The Morgan fingerprint density at radius 3 is 2.75 bits per heavy atom. The zero-order valence-corrected chi connectivity index (χ0v) is 24.5. The monoisotopic (exact) mass is 589 g/mol. The number of hydrogen-bond donors (Lipinski definition) is 0. The fraction of sp³-hybridized carbons (Fsp3) is 0.667. The van der Waals surface area contributed by atoms with E-state index in [1.165, 1.54) is 11.3 Å². The predicted molar refractivity (Wildman–Crippen MR) is 151 cm³/mol. The van der Waals surface area contributed by atoms with Crippen molar-refractivity contribution in [2.24, 2.45) is 0 Å². The number of ether oxygens (including phenoxy) is 2. The van der Waals surface area contributed by atoms with Gasteiger partial charge in [0.25, 0.3) is 0 Å². The lowest BCUT2D eigenvalue weighted by Crippen LogP contribution is -2.57. The highest BCUT2D eigenvalue weighted by atomic mass is 35.5. The van der Waals surface area contributed by atoms with E-state index in [-0.39, 0.29) is 29.7 Å². The molecule has 3 aromatic heterocycles. The number of halogens is 2. The zero-order valence-electron chi connectivity index (χ0n) is 22.9. The molecule has 13 heteroatoms. The number of alkyl halides is 1. The van der Waals surface area contributed by atoms with Crippen molar-refractivity contribution in [2.45, 2.75) is 82.3 Å². The molecule has 10 nitrogen and oxygen atoms in total. The summed E-state index contributed by atoms with van der Waals surface area (Å²) >= 11 is 7.87. The van der Waals surface area contributed by atoms with Gasteiger partial charge in [-0.15, -0.1) is 16.4 Å². The first-order valence-electron chi connectivity index (χ1n) is 14.0. The number of piperazine rings is 1. The van der Waals surface area contributed by atoms with E-state index in [9.17, 15) is 9.18 Å². The quantitative estimate of drug-likeness (QED) is 0.424. The van der Waals surface area contributed by atoms with E-state index in [2.05, 4.69) is 20.0 Å². The van der Waals surface area contributed by atoms with Crippen LogP contribution in [0, 0.1) is 0 Å². The molecule has 1 amide bonds. The van der Waals surface area contributed by atoms with E-state index in [0.29, 0.717) is 37.8 Å². The van der Waals surface area contributed by atoms with Gasteiger partial charge in [0.2, 0.25) is 0 Å². The number of carbonyl (C=O) groups excluding carboxylic acids is 1. The average molecular weight is 590 g/mol. The summed E-state index contributed by atoms with van der Waals surface area (Å²) in [6.45, 7) is 8.62. The summed E-state index contributed by atoms with van der Waals surface area (Å²) in [6, 6.07) is 0.306. The molecule has 0 spiro atoms. The van der Waals surface area contributed by atoms with Crippen LogP contribution < -0.4 is 9.64 Å². The first-order chi connectivity index (χ1) is 19.1. The summed E-state index contributed by atoms with van der Waals surface area (Å²) in [4.78, 5) is 29.9. The minimum atomic E-state index is -0.829. The lowest BCUT2D eigenvalue weighted by Gasteiger charge is -2.42. The van der Waals surface area contributed by atoms with Crippen LogP contribution in [0.3, 0.4) is 0 Å². The maximum Gasteiger partial charge on any atom is 0.410 e. The Bertz CT molecular complexity index is 1470. The van der Waals surface area contributed by atoms with Crippen molar-refractivity contribution in [3.05, 3.63) is 11.3 Å². The number of aromatic nitrogens is 4. The average Bonchev–Trinajstić information content (AvgIpc) is 3.60. The van der Waals surface area contributed by atoms with Gasteiger partial charge in [-0.3, -0.25) is 9.80 Å². The third kappa shape index (κ3) is 4.42. The fourth-order valence-electron chi connectivity index (χ4n) is 7.07. The number of amides is 1. The highest BCUT2D eigenvalue weighted by molar-refractivity contribution is 7.26. The molecular formula is C27H33ClFN7O3S. The molecular weight excluding hydrogens is 557 g/mol. The molecule has 0 aromatic carbocycles. The van der Waals surface area contributed by atoms with Gasteiger partial charge in [0.05, 0.1) is 33.9 Å². The Hall–Kier alpha value is -2.57. The van der Waals surface area contributed by atoms with Crippen LogP contribution in [-0.4, -0.2) is 98.2 Å². The van der Waals surface area contributed by atoms with Gasteiger partial charge in [-0.1, -0.05) is 11.6 Å². The number of anilines is 1. The Labute approximate surface area is 240 Å². The van der Waals surface area contributed by atoms with Gasteiger partial charge in [-0.2, -0.15) is 15.1 Å². The lowest BCUT2D eigenvalue weighted by atomic mass is 9.95. The Balaban J connectivity index is 1.23. The van der Waals surface area contributed by atoms with Gasteiger partial charge in [0.15, 0.2) is 5.15 Å². The number of hydrogen-bond acceptors (Lipinski definition) is 10. The number of thiophene rings is 1. The highest BCUT2D eigenvalue weighted by Gasteiger charge is 2.50. The molecule has 214 valence electrons. The molecule has 0 radical (unpaired) electrons. The van der Waals surface area contributed by atoms with Crippen LogP contribution in [0.1, 0.15) is 52.9 Å². The molecule has 2 bridgehead atoms. The van der Waals surface area contributed by atoms with Crippen LogP contribution in [0.4, 0.5) is 15.0 Å². The minimum Gasteiger partial charge on any atom is -0.461 e. The number of carbonyl (C=O) groups is 1. The van der Waals surface area contributed by atoms with Crippen molar-refractivity contribution in [1.29, 1.82) is 0 Å². The molecule has 40 heavy (non-hydrogen) atoms. The first kappa shape index (κ1) is 26.3. The minimum absolute atomic E-state index is 0.0159. The Morgan fingerprint density at radius 1 is 1.23 bits per heavy atom. The third-order valence-corrected chi connectivity index (χ3v) is 10.2. The summed E-state index contributed by atoms with van der Waals surface area (Å²) in [5.41, 5.74) is -0.849. The molecule has 3 aromatic rings. The predicted octanol–water partition coefficient (Wildman–Crippen LogP) is 4.83. The smallest absolute Gasteiger partial charge is 0.410 e. The van der Waals surface area contributed by atoms with E-state index in [1.54, 1.807) is 6.20 Å². The van der Waals surface area contributed by atoms with Crippen LogP contribution in [-0.2, 0) is 4.74 Å². The second-order valence-corrected chi connectivity index (χ2v) is 13.9. The maximum absolute atomic E-state index is 14.4. The summed E-state index contributed by atoms with van der Waals surface area (Å²) in [6.07, 6.45) is 4.86. The number of nitrogens with zero attached hydrogens (tertiary/aromatic N) is 7. The van der Waals surface area contributed by atoms with Crippen LogP contribution >= 0.6 is 22.9 Å². The summed E-state index contributed by atoms with van der Waals surface area (Å²) in [5.74, 6) is 0.742. The second kappa shape index (κ2) is 9.49. The van der Waals surface area contributed by atoms with E-state index in [1.807, 2.05) is 25.7 Å². The SMILES string of the molecule is CC(C)(C)OC(=O)N1[C@@H]2CC[C@H]1CN(c1nc(OC[C@@]34CCCN3C[C@H](F)C4)nc3sc4c(Cl)nncc4c13)C2. The molecule has 0 unspecified atom stereocenters. The standard InChI is InChI=1S/C27H33ClFN7O3S/c1-26(2,3)39-25(37)36-16-5-6-17(36)13-34(12-16)22-19-18-10-30-33-21(28)20(18)40-23(19)32-24(31-22)38-14-27-7-4-8-35(27)11-15(29)9-27/h10,15-17H,4-9,11-14H2,1-3H3/t15-,16-,17+,27+/m1/s1. The molecule has 4 saturated heterocycles. The van der Waals surface area contributed by atoms with Crippen molar-refractivity contribution in [3.8, 4) is 6.01 Å². The normalized spacial score (nSPS) is 28.6. The zero-order chi connectivity index (χ0) is 27.8. The largest absolute Gasteiger partial charge is 0.461 e. The molecule has 7 heterocycles. The van der Waals surface area contributed by atoms with Gasteiger partial charge < -0.3 is 14.4 Å². The van der Waals surface area contributed by atoms with Crippen molar-refractivity contribution in [1.82, 2.24) is 30.0 Å².